The highest BCUT2D eigenvalue weighted by Crippen LogP contribution is 2.36. The van der Waals surface area contributed by atoms with Gasteiger partial charge in [0.25, 0.3) is 0 Å². The number of ether oxygens (including phenoxy) is 2. The van der Waals surface area contributed by atoms with Crippen molar-refractivity contribution in [3.63, 3.8) is 0 Å². The van der Waals surface area contributed by atoms with Crippen LogP contribution in [0.15, 0.2) is 59.5 Å². The van der Waals surface area contributed by atoms with Gasteiger partial charge in [-0.05, 0) is 36.8 Å². The second-order valence-corrected chi connectivity index (χ2v) is 5.51. The first-order valence-electron chi connectivity index (χ1n) is 6.77. The fraction of sp³-hybridized carbons (Fsp3) is 0.235. The molecule has 0 saturated heterocycles. The van der Waals surface area contributed by atoms with E-state index >= 15 is 0 Å². The monoisotopic (exact) mass is 302 g/mol. The van der Waals surface area contributed by atoms with Gasteiger partial charge in [0.05, 0.1) is 13.7 Å². The van der Waals surface area contributed by atoms with Gasteiger partial charge in [-0.3, -0.25) is 4.79 Å². The molecule has 0 radical (unpaired) electrons. The number of carbonyl (C=O) groups is 1. The third-order valence-electron chi connectivity index (χ3n) is 2.92. The molecule has 0 fully saturated rings. The summed E-state index contributed by atoms with van der Waals surface area (Å²) in [4.78, 5) is 13.2. The maximum absolute atomic E-state index is 12.2. The smallest absolute Gasteiger partial charge is 0.323 e. The first kappa shape index (κ1) is 15.4. The minimum Gasteiger partial charge on any atom is -0.497 e. The van der Waals surface area contributed by atoms with Crippen molar-refractivity contribution in [2.75, 3.05) is 13.7 Å². The van der Waals surface area contributed by atoms with E-state index in [1.807, 2.05) is 61.5 Å². The van der Waals surface area contributed by atoms with Gasteiger partial charge in [-0.1, -0.05) is 30.3 Å². The van der Waals surface area contributed by atoms with E-state index in [1.165, 1.54) is 11.8 Å². The van der Waals surface area contributed by atoms with Crippen molar-refractivity contribution in [3.05, 3.63) is 60.2 Å². The summed E-state index contributed by atoms with van der Waals surface area (Å²) in [6.45, 7) is 2.20. The van der Waals surface area contributed by atoms with Gasteiger partial charge >= 0.3 is 5.97 Å². The second kappa shape index (κ2) is 7.74. The standard InChI is InChI=1S/C17H18O3S/c1-3-20-17(18)16(13-7-5-4-6-8-13)21-15-11-9-14(19-2)10-12-15/h4-12,16H,3H2,1-2H3. The summed E-state index contributed by atoms with van der Waals surface area (Å²) in [5.41, 5.74) is 0.941. The molecule has 0 heterocycles. The molecule has 0 aliphatic rings. The van der Waals surface area contributed by atoms with E-state index < -0.39 is 0 Å². The van der Waals surface area contributed by atoms with Crippen molar-refractivity contribution in [2.45, 2.75) is 17.1 Å². The fourth-order valence-corrected chi connectivity index (χ4v) is 2.91. The minimum absolute atomic E-state index is 0.218. The Morgan fingerprint density at radius 1 is 1.10 bits per heavy atom. The largest absolute Gasteiger partial charge is 0.497 e. The van der Waals surface area contributed by atoms with Crippen LogP contribution in [0.5, 0.6) is 5.75 Å². The zero-order valence-electron chi connectivity index (χ0n) is 12.1. The Hall–Kier alpha value is -1.94. The van der Waals surface area contributed by atoms with Crippen molar-refractivity contribution in [2.24, 2.45) is 0 Å². The lowest BCUT2D eigenvalue weighted by Gasteiger charge is -2.15. The average Bonchev–Trinajstić information content (AvgIpc) is 2.54. The zero-order chi connectivity index (χ0) is 15.1. The summed E-state index contributed by atoms with van der Waals surface area (Å²) in [6, 6.07) is 17.3. The molecule has 2 aromatic carbocycles. The van der Waals surface area contributed by atoms with Crippen LogP contribution >= 0.6 is 11.8 Å². The highest BCUT2D eigenvalue weighted by atomic mass is 32.2. The van der Waals surface area contributed by atoms with Crippen molar-refractivity contribution in [1.82, 2.24) is 0 Å². The number of thioether (sulfide) groups is 1. The van der Waals surface area contributed by atoms with Crippen molar-refractivity contribution < 1.29 is 14.3 Å². The molecule has 0 bridgehead atoms. The van der Waals surface area contributed by atoms with E-state index in [0.29, 0.717) is 6.61 Å². The summed E-state index contributed by atoms with van der Waals surface area (Å²) in [6.07, 6.45) is 0. The fourth-order valence-electron chi connectivity index (χ4n) is 1.89. The molecule has 0 spiro atoms. The number of esters is 1. The Morgan fingerprint density at radius 2 is 1.76 bits per heavy atom. The van der Waals surface area contributed by atoms with Crippen molar-refractivity contribution in [3.8, 4) is 5.75 Å². The van der Waals surface area contributed by atoms with Gasteiger partial charge in [0, 0.05) is 4.90 Å². The summed E-state index contributed by atoms with van der Waals surface area (Å²) >= 11 is 1.48. The van der Waals surface area contributed by atoms with Crippen LogP contribution < -0.4 is 4.74 Å². The molecule has 4 heteroatoms. The minimum atomic E-state index is -0.362. The highest BCUT2D eigenvalue weighted by molar-refractivity contribution is 8.00. The van der Waals surface area contributed by atoms with Crippen LogP contribution in [0.4, 0.5) is 0 Å². The number of rotatable bonds is 6. The normalized spacial score (nSPS) is 11.7. The highest BCUT2D eigenvalue weighted by Gasteiger charge is 2.23. The zero-order valence-corrected chi connectivity index (χ0v) is 12.9. The predicted molar refractivity (Wildman–Crippen MR) is 84.7 cm³/mol. The molecule has 0 aromatic heterocycles. The summed E-state index contributed by atoms with van der Waals surface area (Å²) in [7, 11) is 1.63. The Balaban J connectivity index is 2.21. The maximum Gasteiger partial charge on any atom is 0.323 e. The van der Waals surface area contributed by atoms with Crippen LogP contribution in [-0.2, 0) is 9.53 Å². The van der Waals surface area contributed by atoms with Crippen LogP contribution in [-0.4, -0.2) is 19.7 Å². The molecule has 0 saturated carbocycles. The topological polar surface area (TPSA) is 35.5 Å². The molecule has 2 rings (SSSR count). The Kier molecular flexibility index (Phi) is 5.69. The third kappa shape index (κ3) is 4.26. The van der Waals surface area contributed by atoms with Gasteiger partial charge < -0.3 is 9.47 Å². The van der Waals surface area contributed by atoms with Gasteiger partial charge in [0.1, 0.15) is 11.0 Å². The quantitative estimate of drug-likeness (QED) is 0.594. The molecule has 1 unspecified atom stereocenters. The summed E-state index contributed by atoms with van der Waals surface area (Å²) in [5.74, 6) is 0.580. The first-order valence-corrected chi connectivity index (χ1v) is 7.65. The van der Waals surface area contributed by atoms with Crippen LogP contribution in [0.3, 0.4) is 0 Å². The molecular weight excluding hydrogens is 284 g/mol. The molecule has 21 heavy (non-hydrogen) atoms. The SMILES string of the molecule is CCOC(=O)C(Sc1ccc(OC)cc1)c1ccccc1. The maximum atomic E-state index is 12.2. The van der Waals surface area contributed by atoms with Crippen LogP contribution in [0.1, 0.15) is 17.7 Å². The van der Waals surface area contributed by atoms with Crippen LogP contribution in [0, 0.1) is 0 Å². The molecule has 0 amide bonds. The van der Waals surface area contributed by atoms with Gasteiger partial charge in [0.2, 0.25) is 0 Å². The van der Waals surface area contributed by atoms with E-state index in [9.17, 15) is 4.79 Å². The number of methoxy groups -OCH3 is 1. The Morgan fingerprint density at radius 3 is 2.33 bits per heavy atom. The van der Waals surface area contributed by atoms with Gasteiger partial charge in [-0.2, -0.15) is 0 Å². The molecular formula is C17H18O3S. The molecule has 1 atom stereocenters. The lowest BCUT2D eigenvalue weighted by molar-refractivity contribution is -0.142. The summed E-state index contributed by atoms with van der Waals surface area (Å²) in [5, 5.41) is -0.362. The molecule has 110 valence electrons. The first-order chi connectivity index (χ1) is 10.2. The lowest BCUT2D eigenvalue weighted by atomic mass is 10.1. The molecule has 0 aliphatic carbocycles. The number of hydrogen-bond acceptors (Lipinski definition) is 4. The van der Waals surface area contributed by atoms with Crippen molar-refractivity contribution in [1.29, 1.82) is 0 Å². The van der Waals surface area contributed by atoms with Gasteiger partial charge in [-0.15, -0.1) is 11.8 Å². The molecule has 0 N–H and O–H groups in total. The number of hydrogen-bond donors (Lipinski definition) is 0. The number of benzene rings is 2. The van der Waals surface area contributed by atoms with E-state index in [0.717, 1.165) is 16.2 Å². The second-order valence-electron chi connectivity index (χ2n) is 4.34. The van der Waals surface area contributed by atoms with E-state index in [1.54, 1.807) is 7.11 Å². The summed E-state index contributed by atoms with van der Waals surface area (Å²) < 4.78 is 10.3. The average molecular weight is 302 g/mol. The van der Waals surface area contributed by atoms with Gasteiger partial charge in [-0.25, -0.2) is 0 Å². The number of carbonyl (C=O) groups excluding carboxylic acids is 1. The molecule has 2 aromatic rings. The molecule has 3 nitrogen and oxygen atoms in total. The van der Waals surface area contributed by atoms with Gasteiger partial charge in [0.15, 0.2) is 0 Å². The van der Waals surface area contributed by atoms with Crippen LogP contribution in [0.2, 0.25) is 0 Å². The van der Waals surface area contributed by atoms with E-state index in [4.69, 9.17) is 9.47 Å². The Labute approximate surface area is 129 Å². The Bertz CT molecular complexity index is 566. The molecule has 0 aliphatic heterocycles. The van der Waals surface area contributed by atoms with E-state index in [2.05, 4.69) is 0 Å². The predicted octanol–water partition coefficient (Wildman–Crippen LogP) is 4.09. The van der Waals surface area contributed by atoms with Crippen molar-refractivity contribution >= 4 is 17.7 Å². The van der Waals surface area contributed by atoms with E-state index in [-0.39, 0.29) is 11.2 Å². The third-order valence-corrected chi connectivity index (χ3v) is 4.16. The van der Waals surface area contributed by atoms with Crippen LogP contribution in [0.25, 0.3) is 0 Å². The lowest BCUT2D eigenvalue weighted by Crippen LogP contribution is -2.13.